The zero-order chi connectivity index (χ0) is 17.8. The molecule has 1 saturated carbocycles. The number of benzene rings is 2. The van der Waals surface area contributed by atoms with E-state index in [2.05, 4.69) is 18.3 Å². The summed E-state index contributed by atoms with van der Waals surface area (Å²) in [5, 5.41) is 3.38. The second-order valence-electron chi connectivity index (χ2n) is 6.17. The Morgan fingerprint density at radius 3 is 2.72 bits per heavy atom. The molecule has 0 radical (unpaired) electrons. The molecule has 3 rings (SSSR count). The largest absolute Gasteiger partial charge is 0.487 e. The zero-order valence-corrected chi connectivity index (χ0v) is 15.2. The van der Waals surface area contributed by atoms with Crippen molar-refractivity contribution in [3.63, 3.8) is 0 Å². The fourth-order valence-corrected chi connectivity index (χ4v) is 3.11. The number of hydrogen-bond donors (Lipinski definition) is 1. The molecule has 0 heterocycles. The predicted molar refractivity (Wildman–Crippen MR) is 99.6 cm³/mol. The predicted octanol–water partition coefficient (Wildman–Crippen LogP) is 5.54. The first-order chi connectivity index (χ1) is 12.1. The van der Waals surface area contributed by atoms with Gasteiger partial charge in [0.25, 0.3) is 0 Å². The summed E-state index contributed by atoms with van der Waals surface area (Å²) in [6.07, 6.45) is 2.78. The Morgan fingerprint density at radius 1 is 1.28 bits per heavy atom. The third-order valence-corrected chi connectivity index (χ3v) is 4.72. The highest BCUT2D eigenvalue weighted by Crippen LogP contribution is 2.43. The van der Waals surface area contributed by atoms with Crippen LogP contribution in [0.1, 0.15) is 42.4 Å². The first-order valence-electron chi connectivity index (χ1n) is 8.50. The van der Waals surface area contributed by atoms with Gasteiger partial charge in [0, 0.05) is 5.56 Å². The summed E-state index contributed by atoms with van der Waals surface area (Å²) in [7, 11) is 1.35. The summed E-state index contributed by atoms with van der Waals surface area (Å²) in [5.41, 5.74) is 4.09. The van der Waals surface area contributed by atoms with Crippen LogP contribution in [0.15, 0.2) is 36.4 Å². The number of aryl methyl sites for hydroxylation is 1. The van der Waals surface area contributed by atoms with E-state index in [0.29, 0.717) is 23.3 Å². The Morgan fingerprint density at radius 2 is 2.08 bits per heavy atom. The molecule has 0 bridgehead atoms. The van der Waals surface area contributed by atoms with Gasteiger partial charge in [-0.1, -0.05) is 36.7 Å². The smallest absolute Gasteiger partial charge is 0.411 e. The molecular formula is C20H22ClNO3. The number of halogens is 1. The lowest BCUT2D eigenvalue weighted by Crippen LogP contribution is -2.14. The molecule has 0 saturated heterocycles. The van der Waals surface area contributed by atoms with E-state index >= 15 is 0 Å². The molecule has 25 heavy (non-hydrogen) atoms. The van der Waals surface area contributed by atoms with Crippen LogP contribution in [0.2, 0.25) is 5.02 Å². The highest BCUT2D eigenvalue weighted by Gasteiger charge is 2.27. The van der Waals surface area contributed by atoms with Gasteiger partial charge in [-0.2, -0.15) is 0 Å². The van der Waals surface area contributed by atoms with Gasteiger partial charge in [-0.3, -0.25) is 5.32 Å². The number of ether oxygens (including phenoxy) is 2. The van der Waals surface area contributed by atoms with Crippen LogP contribution in [0, 0.1) is 0 Å². The molecule has 1 N–H and O–H groups in total. The van der Waals surface area contributed by atoms with Gasteiger partial charge >= 0.3 is 6.09 Å². The highest BCUT2D eigenvalue weighted by molar-refractivity contribution is 6.32. The first-order valence-corrected chi connectivity index (χ1v) is 8.88. The number of carbonyl (C=O) groups is 1. The molecule has 1 aliphatic carbocycles. The van der Waals surface area contributed by atoms with Gasteiger partial charge in [-0.25, -0.2) is 4.79 Å². The summed E-state index contributed by atoms with van der Waals surface area (Å²) in [5.74, 6) is 1.18. The van der Waals surface area contributed by atoms with Gasteiger partial charge in [0.15, 0.2) is 0 Å². The van der Waals surface area contributed by atoms with Crippen LogP contribution in [0.4, 0.5) is 10.5 Å². The molecule has 0 spiro atoms. The third kappa shape index (κ3) is 4.26. The number of hydrogen-bond acceptors (Lipinski definition) is 3. The average molecular weight is 360 g/mol. The SMILES string of the molecule is CCc1ccc(OCc2c(NC(=O)OC)cccc2C2CC2)c(Cl)c1. The van der Waals surface area contributed by atoms with E-state index in [1.165, 1.54) is 31.1 Å². The Kier molecular flexibility index (Phi) is 5.49. The summed E-state index contributed by atoms with van der Waals surface area (Å²) >= 11 is 6.32. The molecule has 0 aliphatic heterocycles. The number of nitrogens with one attached hydrogen (secondary N) is 1. The maximum atomic E-state index is 11.6. The minimum Gasteiger partial charge on any atom is -0.487 e. The van der Waals surface area contributed by atoms with Crippen LogP contribution in [-0.4, -0.2) is 13.2 Å². The quantitative estimate of drug-likeness (QED) is 0.736. The molecule has 132 valence electrons. The second kappa shape index (κ2) is 7.79. The molecule has 0 atom stereocenters. The average Bonchev–Trinajstić information content (AvgIpc) is 3.46. The maximum absolute atomic E-state index is 11.6. The van der Waals surface area contributed by atoms with E-state index in [9.17, 15) is 4.79 Å². The Hall–Kier alpha value is -2.20. The molecule has 4 nitrogen and oxygen atoms in total. The fourth-order valence-electron chi connectivity index (χ4n) is 2.85. The number of carbonyl (C=O) groups excluding carboxylic acids is 1. The number of amides is 1. The highest BCUT2D eigenvalue weighted by atomic mass is 35.5. The van der Waals surface area contributed by atoms with Crippen molar-refractivity contribution in [1.82, 2.24) is 0 Å². The van der Waals surface area contributed by atoms with E-state index in [4.69, 9.17) is 21.1 Å². The van der Waals surface area contributed by atoms with Crippen molar-refractivity contribution in [2.75, 3.05) is 12.4 Å². The zero-order valence-electron chi connectivity index (χ0n) is 14.5. The van der Waals surface area contributed by atoms with Crippen LogP contribution in [0.5, 0.6) is 5.75 Å². The van der Waals surface area contributed by atoms with E-state index < -0.39 is 6.09 Å². The summed E-state index contributed by atoms with van der Waals surface area (Å²) in [6, 6.07) is 11.8. The molecule has 0 unspecified atom stereocenters. The Labute approximate surface area is 153 Å². The van der Waals surface area contributed by atoms with Crippen molar-refractivity contribution < 1.29 is 14.3 Å². The van der Waals surface area contributed by atoms with Crippen molar-refractivity contribution in [3.05, 3.63) is 58.1 Å². The van der Waals surface area contributed by atoms with E-state index in [1.54, 1.807) is 0 Å². The van der Waals surface area contributed by atoms with Gasteiger partial charge in [-0.05, 0) is 54.5 Å². The van der Waals surface area contributed by atoms with Gasteiger partial charge < -0.3 is 9.47 Å². The van der Waals surface area contributed by atoms with Crippen molar-refractivity contribution in [3.8, 4) is 5.75 Å². The lowest BCUT2D eigenvalue weighted by molar-refractivity contribution is 0.187. The van der Waals surface area contributed by atoms with Crippen LogP contribution < -0.4 is 10.1 Å². The van der Waals surface area contributed by atoms with Crippen LogP contribution in [-0.2, 0) is 17.8 Å². The van der Waals surface area contributed by atoms with Crippen LogP contribution in [0.25, 0.3) is 0 Å². The lowest BCUT2D eigenvalue weighted by Gasteiger charge is -2.16. The molecule has 1 amide bonds. The normalized spacial score (nSPS) is 13.4. The summed E-state index contributed by atoms with van der Waals surface area (Å²) in [6.45, 7) is 2.43. The van der Waals surface area contributed by atoms with Crippen LogP contribution in [0.3, 0.4) is 0 Å². The van der Waals surface area contributed by atoms with Gasteiger partial charge in [0.1, 0.15) is 12.4 Å². The molecule has 2 aromatic carbocycles. The number of rotatable bonds is 6. The molecule has 0 aromatic heterocycles. The van der Waals surface area contributed by atoms with E-state index in [-0.39, 0.29) is 0 Å². The monoisotopic (exact) mass is 359 g/mol. The molecule has 5 heteroatoms. The standard InChI is InChI=1S/C20H22ClNO3/c1-3-13-7-10-19(17(21)11-13)25-12-16-15(14-8-9-14)5-4-6-18(16)22-20(23)24-2/h4-7,10-11,14H,3,8-9,12H2,1-2H3,(H,22,23). The van der Waals surface area contributed by atoms with Gasteiger partial charge in [-0.15, -0.1) is 0 Å². The van der Waals surface area contributed by atoms with Crippen molar-refractivity contribution in [2.24, 2.45) is 0 Å². The summed E-state index contributed by atoms with van der Waals surface area (Å²) < 4.78 is 10.7. The third-order valence-electron chi connectivity index (χ3n) is 4.43. The maximum Gasteiger partial charge on any atom is 0.411 e. The first kappa shape index (κ1) is 17.6. The van der Waals surface area contributed by atoms with E-state index in [0.717, 1.165) is 17.7 Å². The fraction of sp³-hybridized carbons (Fsp3) is 0.350. The topological polar surface area (TPSA) is 47.6 Å². The lowest BCUT2D eigenvalue weighted by atomic mass is 10.0. The van der Waals surface area contributed by atoms with E-state index in [1.807, 2.05) is 30.3 Å². The van der Waals surface area contributed by atoms with Crippen LogP contribution >= 0.6 is 11.6 Å². The minimum absolute atomic E-state index is 0.344. The second-order valence-corrected chi connectivity index (χ2v) is 6.58. The van der Waals surface area contributed by atoms with Crippen molar-refractivity contribution >= 4 is 23.4 Å². The van der Waals surface area contributed by atoms with Crippen molar-refractivity contribution in [2.45, 2.75) is 38.7 Å². The molecular weight excluding hydrogens is 338 g/mol. The minimum atomic E-state index is -0.487. The van der Waals surface area contributed by atoms with Gasteiger partial charge in [0.05, 0.1) is 17.8 Å². The number of methoxy groups -OCH3 is 1. The Bertz CT molecular complexity index is 772. The molecule has 1 fully saturated rings. The Balaban J connectivity index is 1.84. The summed E-state index contributed by atoms with van der Waals surface area (Å²) in [4.78, 5) is 11.6. The molecule has 1 aliphatic rings. The van der Waals surface area contributed by atoms with Gasteiger partial charge in [0.2, 0.25) is 0 Å². The number of anilines is 1. The van der Waals surface area contributed by atoms with Crippen molar-refractivity contribution in [1.29, 1.82) is 0 Å². The molecule has 2 aromatic rings.